The van der Waals surface area contributed by atoms with Gasteiger partial charge in [0.05, 0.1) is 24.2 Å². The van der Waals surface area contributed by atoms with Crippen LogP contribution in [0.5, 0.6) is 0 Å². The minimum atomic E-state index is -2.42. The Labute approximate surface area is 435 Å². The summed E-state index contributed by atoms with van der Waals surface area (Å²) in [6.07, 6.45) is 11.1. The number of methoxy groups -OCH3 is 3. The first-order chi connectivity index (χ1) is 34.7. The molecular weight excluding hydrogens is 937 g/mol. The number of Topliss-reactive ketones (excluding diaryl/α,β-unsaturated/α-hetero) is 3. The van der Waals surface area contributed by atoms with Crippen LogP contribution in [-0.2, 0) is 57.3 Å². The van der Waals surface area contributed by atoms with Crippen molar-refractivity contribution in [2.45, 2.75) is 219 Å². The molecule has 3 saturated heterocycles. The Hall–Kier alpha value is -3.38. The molecular formula is C57H92N2O14. The number of carbonyl (C=O) groups is 6. The fourth-order valence-corrected chi connectivity index (χ4v) is 12.1. The molecule has 4 aliphatic heterocycles. The highest BCUT2D eigenvalue weighted by atomic mass is 16.7. The first-order valence-corrected chi connectivity index (χ1v) is 27.8. The minimum Gasteiger partial charge on any atom is -0.460 e. The highest BCUT2D eigenvalue weighted by Gasteiger charge is 2.53. The van der Waals surface area contributed by atoms with E-state index in [1.54, 1.807) is 46.1 Å². The molecule has 16 nitrogen and oxygen atoms in total. The summed E-state index contributed by atoms with van der Waals surface area (Å²) >= 11 is 0. The van der Waals surface area contributed by atoms with Gasteiger partial charge in [-0.1, -0.05) is 66.0 Å². The van der Waals surface area contributed by atoms with Gasteiger partial charge in [-0.25, -0.2) is 9.59 Å². The van der Waals surface area contributed by atoms with Crippen molar-refractivity contribution in [2.75, 3.05) is 41.0 Å². The van der Waals surface area contributed by atoms with Crippen LogP contribution in [0, 0.1) is 41.4 Å². The predicted octanol–water partition coefficient (Wildman–Crippen LogP) is 7.83. The zero-order chi connectivity index (χ0) is 53.6. The van der Waals surface area contributed by atoms with E-state index in [4.69, 9.17) is 28.5 Å². The molecule has 5 rings (SSSR count). The van der Waals surface area contributed by atoms with Crippen LogP contribution in [0.1, 0.15) is 170 Å². The zero-order valence-corrected chi connectivity index (χ0v) is 46.0. The summed E-state index contributed by atoms with van der Waals surface area (Å²) in [4.78, 5) is 91.9. The van der Waals surface area contributed by atoms with E-state index in [0.29, 0.717) is 82.9 Å². The summed E-state index contributed by atoms with van der Waals surface area (Å²) in [5.41, 5.74) is 1.40. The lowest BCUT2D eigenvalue weighted by molar-refractivity contribution is -0.265. The lowest BCUT2D eigenvalue weighted by Crippen LogP contribution is -2.61. The predicted molar refractivity (Wildman–Crippen MR) is 274 cm³/mol. The van der Waals surface area contributed by atoms with Gasteiger partial charge in [-0.15, -0.1) is 5.06 Å². The van der Waals surface area contributed by atoms with Crippen molar-refractivity contribution >= 4 is 35.2 Å². The van der Waals surface area contributed by atoms with Crippen LogP contribution >= 0.6 is 0 Å². The van der Waals surface area contributed by atoms with Crippen molar-refractivity contribution in [3.63, 3.8) is 0 Å². The highest BCUT2D eigenvalue weighted by Crippen LogP contribution is 2.39. The third kappa shape index (κ3) is 16.3. The number of hydroxylamine groups is 2. The van der Waals surface area contributed by atoms with Gasteiger partial charge >= 0.3 is 11.9 Å². The third-order valence-electron chi connectivity index (χ3n) is 17.0. The lowest BCUT2D eigenvalue weighted by atomic mass is 9.75. The Kier molecular flexibility index (Phi) is 23.8. The molecule has 2 N–H and O–H groups in total. The molecule has 1 aliphatic carbocycles. The number of fused-ring (bicyclic) bond motifs is 3. The van der Waals surface area contributed by atoms with Gasteiger partial charge in [0.15, 0.2) is 5.78 Å². The molecule has 73 heavy (non-hydrogen) atoms. The maximum atomic E-state index is 14.6. The Balaban J connectivity index is 1.42. The summed E-state index contributed by atoms with van der Waals surface area (Å²) in [6.45, 7) is 14.5. The molecule has 0 spiro atoms. The third-order valence-corrected chi connectivity index (χ3v) is 17.0. The maximum absolute atomic E-state index is 14.6. The van der Waals surface area contributed by atoms with E-state index in [2.05, 4.69) is 13.0 Å². The summed E-state index contributed by atoms with van der Waals surface area (Å²) in [5, 5.41) is 25.3. The number of hydrogen-bond acceptors (Lipinski definition) is 15. The molecule has 0 aromatic rings. The first-order valence-electron chi connectivity index (χ1n) is 27.8. The normalized spacial score (nSPS) is 38.3. The summed E-state index contributed by atoms with van der Waals surface area (Å²) in [6, 6.07) is -1.15. The number of piperidine rings is 2. The summed E-state index contributed by atoms with van der Waals surface area (Å²) in [5.74, 6) is -8.45. The smallest absolute Gasteiger partial charge is 0.330 e. The quantitative estimate of drug-likeness (QED) is 0.135. The van der Waals surface area contributed by atoms with Gasteiger partial charge in [0.2, 0.25) is 5.79 Å². The Morgan fingerprint density at radius 3 is 2.19 bits per heavy atom. The molecule has 16 heteroatoms. The van der Waals surface area contributed by atoms with Gasteiger partial charge in [-0.3, -0.25) is 19.2 Å². The molecule has 414 valence electrons. The van der Waals surface area contributed by atoms with E-state index >= 15 is 0 Å². The SMILES string of the molecule is CO[C@H]1C[C@@H]2CC[C@@H](C)[C@@](O)(O2)C(=O)C(=O)N2CCCC[C@H]2C(=O)O[C@H]([C@H](C)C[C@@H]2CC[C@@H](C(=O)ON3CCCCC3)[C@H](OC)C2)CC(=O)[C@H](C)/C=C(/C)[C@@H](O)[C@@H](OC)C(=O)[C@H](C)C[C@H](C)CCCC/C=C\1C. The maximum Gasteiger partial charge on any atom is 0.330 e. The molecule has 0 radical (unpaired) electrons. The monoisotopic (exact) mass is 1030 g/mol. The average molecular weight is 1030 g/mol. The zero-order valence-electron chi connectivity index (χ0n) is 46.0. The van der Waals surface area contributed by atoms with Gasteiger partial charge in [0, 0.05) is 71.6 Å². The molecule has 0 aromatic heterocycles. The Bertz CT molecular complexity index is 1920. The van der Waals surface area contributed by atoms with E-state index in [1.165, 1.54) is 12.0 Å². The number of rotatable bonds is 8. The number of ether oxygens (including phenoxy) is 5. The van der Waals surface area contributed by atoms with Crippen LogP contribution in [0.2, 0.25) is 0 Å². The van der Waals surface area contributed by atoms with Gasteiger partial charge in [-0.05, 0) is 133 Å². The molecule has 5 aliphatic rings. The fourth-order valence-electron chi connectivity index (χ4n) is 12.1. The topological polar surface area (TPSA) is 205 Å². The number of carbonyl (C=O) groups excluding carboxylic acids is 6. The second-order valence-corrected chi connectivity index (χ2v) is 22.7. The van der Waals surface area contributed by atoms with Crippen LogP contribution in [0.3, 0.4) is 0 Å². The van der Waals surface area contributed by atoms with Crippen molar-refractivity contribution in [1.29, 1.82) is 0 Å². The second kappa shape index (κ2) is 28.7. The molecule has 1 saturated carbocycles. The Morgan fingerprint density at radius 2 is 1.51 bits per heavy atom. The largest absolute Gasteiger partial charge is 0.460 e. The van der Waals surface area contributed by atoms with Crippen molar-refractivity contribution < 1.29 is 67.5 Å². The number of aliphatic hydroxyl groups is 2. The van der Waals surface area contributed by atoms with E-state index in [1.807, 2.05) is 20.8 Å². The van der Waals surface area contributed by atoms with Gasteiger partial charge < -0.3 is 43.6 Å². The lowest BCUT2D eigenvalue weighted by Gasteiger charge is -2.42. The fraction of sp³-hybridized carbons (Fsp3) is 0.825. The van der Waals surface area contributed by atoms with Gasteiger partial charge in [-0.2, -0.15) is 0 Å². The van der Waals surface area contributed by atoms with E-state index in [0.717, 1.165) is 50.5 Å². The van der Waals surface area contributed by atoms with Gasteiger partial charge in [0.1, 0.15) is 30.1 Å². The number of cyclic esters (lactones) is 1. The number of allylic oxidation sites excluding steroid dienone is 2. The highest BCUT2D eigenvalue weighted by molar-refractivity contribution is 6.39. The molecule has 0 aromatic carbocycles. The molecule has 0 unspecified atom stereocenters. The summed E-state index contributed by atoms with van der Waals surface area (Å²) in [7, 11) is 4.61. The van der Waals surface area contributed by atoms with E-state index < -0.39 is 77.8 Å². The van der Waals surface area contributed by atoms with Crippen LogP contribution in [0.4, 0.5) is 0 Å². The number of nitrogens with zero attached hydrogens (tertiary/aromatic N) is 2. The van der Waals surface area contributed by atoms with Crippen molar-refractivity contribution in [3.8, 4) is 0 Å². The number of hydrogen-bond donors (Lipinski definition) is 2. The molecule has 15 atom stereocenters. The minimum absolute atomic E-state index is 0.0534. The average Bonchev–Trinajstić information content (AvgIpc) is 3.37. The van der Waals surface area contributed by atoms with Crippen molar-refractivity contribution in [2.24, 2.45) is 41.4 Å². The molecule has 2 bridgehead atoms. The first kappa shape index (κ1) is 60.5. The second-order valence-electron chi connectivity index (χ2n) is 22.7. The van der Waals surface area contributed by atoms with Gasteiger partial charge in [0.25, 0.3) is 11.7 Å². The van der Waals surface area contributed by atoms with Crippen LogP contribution in [0.15, 0.2) is 23.3 Å². The number of esters is 1. The molecule has 4 fully saturated rings. The van der Waals surface area contributed by atoms with Crippen LogP contribution in [-0.4, -0.2) is 145 Å². The number of aliphatic hydroxyl groups excluding tert-OH is 1. The van der Waals surface area contributed by atoms with E-state index in [9.17, 15) is 39.0 Å². The Morgan fingerprint density at radius 1 is 0.808 bits per heavy atom. The van der Waals surface area contributed by atoms with Crippen LogP contribution in [0.25, 0.3) is 0 Å². The standard InChI is InChI=1S/C57H92N2O14/c1-35-19-13-11-14-20-36(2)47(68-8)33-43-24-22-41(7)57(67,72-43)53(63)54(64)59-28-18-15-21-45(59)56(66)71-48(34-46(60)37(3)30-40(6)51(62)52(70-10)50(61)39(5)29-35)38(4)31-42-23-25-44(49(32-42)69-9)55(65)73-58-26-16-12-17-27-58/h20,30,35,37-39,41-45,47-49,51-52,62,67H,11-19,21-29,31-34H2,1-10H3/b36-20-,40-30-/t35-,37-,38-,39-,41-,42+,43+,44-,45+,47+,48+,49-,51-,52+,57-/m1/s1. The van der Waals surface area contributed by atoms with Crippen molar-refractivity contribution in [1.82, 2.24) is 9.96 Å². The summed E-state index contributed by atoms with van der Waals surface area (Å²) < 4.78 is 30.0. The van der Waals surface area contributed by atoms with Crippen LogP contribution < -0.4 is 0 Å². The van der Waals surface area contributed by atoms with E-state index in [-0.39, 0.29) is 66.7 Å². The molecule has 4 heterocycles. The number of amides is 1. The van der Waals surface area contributed by atoms with Crippen molar-refractivity contribution in [3.05, 3.63) is 23.3 Å². The molecule has 1 amide bonds. The number of ketones is 3.